The van der Waals surface area contributed by atoms with Crippen molar-refractivity contribution in [2.24, 2.45) is 0 Å². The van der Waals surface area contributed by atoms with Gasteiger partial charge in [0.05, 0.1) is 5.56 Å². The first-order chi connectivity index (χ1) is 11.2. The molecule has 2 aromatic rings. The van der Waals surface area contributed by atoms with E-state index in [0.29, 0.717) is 23.1 Å². The Hall–Kier alpha value is -2.35. The summed E-state index contributed by atoms with van der Waals surface area (Å²) in [5, 5.41) is 6.18. The molecule has 0 aliphatic heterocycles. The molecular weight excluding hydrogens is 319 g/mol. The molecule has 24 heavy (non-hydrogen) atoms. The lowest BCUT2D eigenvalue weighted by molar-refractivity contribution is -0.137. The van der Waals surface area contributed by atoms with E-state index in [1.54, 1.807) is 13.0 Å². The number of hydrogen-bond acceptors (Lipinski definition) is 5. The van der Waals surface area contributed by atoms with E-state index in [1.165, 1.54) is 12.1 Å². The van der Waals surface area contributed by atoms with Crippen LogP contribution in [0.25, 0.3) is 0 Å². The summed E-state index contributed by atoms with van der Waals surface area (Å²) in [4.78, 5) is 10.6. The molecule has 0 unspecified atom stereocenters. The average Bonchev–Trinajstić information content (AvgIpc) is 2.46. The average molecular weight is 339 g/mol. The zero-order valence-corrected chi connectivity index (χ0v) is 13.8. The van der Waals surface area contributed by atoms with E-state index in [2.05, 4.69) is 20.6 Å². The summed E-state index contributed by atoms with van der Waals surface area (Å²) in [5.41, 5.74) is -0.154. The standard InChI is InChI=1S/C16H20F3N5/c1-11-21-14(20-8-9-24(2)3)10-15(22-11)23-13-6-4-12(5-7-13)16(17,18)19/h4-7,10H,8-9H2,1-3H3,(H2,20,21,22,23). The van der Waals surface area contributed by atoms with Crippen molar-refractivity contribution >= 4 is 17.3 Å². The Bertz CT molecular complexity index is 668. The summed E-state index contributed by atoms with van der Waals surface area (Å²) < 4.78 is 37.7. The van der Waals surface area contributed by atoms with Crippen molar-refractivity contribution in [3.05, 3.63) is 41.7 Å². The Kier molecular flexibility index (Phi) is 5.61. The lowest BCUT2D eigenvalue weighted by atomic mass is 10.2. The van der Waals surface area contributed by atoms with E-state index in [0.717, 1.165) is 25.2 Å². The highest BCUT2D eigenvalue weighted by atomic mass is 19.4. The Labute approximate surface area is 138 Å². The first kappa shape index (κ1) is 18.0. The molecule has 0 radical (unpaired) electrons. The molecule has 5 nitrogen and oxygen atoms in total. The van der Waals surface area contributed by atoms with Gasteiger partial charge in [0.2, 0.25) is 0 Å². The van der Waals surface area contributed by atoms with Crippen molar-refractivity contribution in [2.75, 3.05) is 37.8 Å². The van der Waals surface area contributed by atoms with E-state index in [-0.39, 0.29) is 0 Å². The van der Waals surface area contributed by atoms with Crippen LogP contribution in [0.15, 0.2) is 30.3 Å². The van der Waals surface area contributed by atoms with Gasteiger partial charge in [0.25, 0.3) is 0 Å². The first-order valence-electron chi connectivity index (χ1n) is 7.42. The molecule has 1 heterocycles. The SMILES string of the molecule is Cc1nc(NCCN(C)C)cc(Nc2ccc(C(F)(F)F)cc2)n1. The number of nitrogens with one attached hydrogen (secondary N) is 2. The lowest BCUT2D eigenvalue weighted by Crippen LogP contribution is -2.21. The van der Waals surface area contributed by atoms with Gasteiger partial charge in [0, 0.05) is 24.8 Å². The maximum atomic E-state index is 12.6. The van der Waals surface area contributed by atoms with E-state index < -0.39 is 11.7 Å². The van der Waals surface area contributed by atoms with E-state index in [4.69, 9.17) is 0 Å². The first-order valence-corrected chi connectivity index (χ1v) is 7.42. The third kappa shape index (κ3) is 5.38. The number of benzene rings is 1. The molecule has 2 rings (SSSR count). The van der Waals surface area contributed by atoms with Gasteiger partial charge in [-0.2, -0.15) is 13.2 Å². The molecule has 8 heteroatoms. The van der Waals surface area contributed by atoms with Crippen molar-refractivity contribution < 1.29 is 13.2 Å². The topological polar surface area (TPSA) is 53.1 Å². The lowest BCUT2D eigenvalue weighted by Gasteiger charge is -2.13. The van der Waals surface area contributed by atoms with Crippen LogP contribution in [-0.4, -0.2) is 42.1 Å². The minimum absolute atomic E-state index is 0.523. The van der Waals surface area contributed by atoms with E-state index >= 15 is 0 Å². The molecule has 0 saturated heterocycles. The molecule has 1 aromatic heterocycles. The molecule has 0 amide bonds. The summed E-state index contributed by atoms with van der Waals surface area (Å²) in [6.07, 6.45) is -4.34. The zero-order chi connectivity index (χ0) is 17.7. The Balaban J connectivity index is 2.07. The summed E-state index contributed by atoms with van der Waals surface area (Å²) >= 11 is 0. The van der Waals surface area contributed by atoms with Crippen LogP contribution in [-0.2, 0) is 6.18 Å². The third-order valence-electron chi connectivity index (χ3n) is 3.19. The van der Waals surface area contributed by atoms with Gasteiger partial charge < -0.3 is 15.5 Å². The van der Waals surface area contributed by atoms with Crippen LogP contribution < -0.4 is 10.6 Å². The predicted octanol–water partition coefficient (Wildman–Crippen LogP) is 3.52. The van der Waals surface area contributed by atoms with Crippen molar-refractivity contribution in [1.82, 2.24) is 14.9 Å². The van der Waals surface area contributed by atoms with Crippen molar-refractivity contribution in [2.45, 2.75) is 13.1 Å². The molecule has 0 aliphatic carbocycles. The van der Waals surface area contributed by atoms with Crippen molar-refractivity contribution in [3.63, 3.8) is 0 Å². The quantitative estimate of drug-likeness (QED) is 0.843. The fourth-order valence-corrected chi connectivity index (χ4v) is 2.02. The van der Waals surface area contributed by atoms with Crippen LogP contribution in [0, 0.1) is 6.92 Å². The number of hydrogen-bond donors (Lipinski definition) is 2. The van der Waals surface area contributed by atoms with Gasteiger partial charge in [-0.15, -0.1) is 0 Å². The van der Waals surface area contributed by atoms with E-state index in [1.807, 2.05) is 19.0 Å². The maximum Gasteiger partial charge on any atom is 0.416 e. The van der Waals surface area contributed by atoms with Crippen molar-refractivity contribution in [3.8, 4) is 0 Å². The highest BCUT2D eigenvalue weighted by molar-refractivity contribution is 5.59. The number of anilines is 3. The number of alkyl halides is 3. The third-order valence-corrected chi connectivity index (χ3v) is 3.19. The second kappa shape index (κ2) is 7.48. The molecule has 0 atom stereocenters. The molecule has 0 aliphatic rings. The number of aryl methyl sites for hydroxylation is 1. The number of halogens is 3. The highest BCUT2D eigenvalue weighted by Crippen LogP contribution is 2.30. The van der Waals surface area contributed by atoms with Crippen LogP contribution in [0.4, 0.5) is 30.5 Å². The van der Waals surface area contributed by atoms with Crippen LogP contribution in [0.1, 0.15) is 11.4 Å². The zero-order valence-electron chi connectivity index (χ0n) is 13.8. The molecule has 0 spiro atoms. The fraction of sp³-hybridized carbons (Fsp3) is 0.375. The normalized spacial score (nSPS) is 11.6. The van der Waals surface area contributed by atoms with Crippen LogP contribution in [0.2, 0.25) is 0 Å². The Morgan fingerprint density at radius 2 is 1.67 bits per heavy atom. The van der Waals surface area contributed by atoms with Crippen LogP contribution in [0.5, 0.6) is 0 Å². The molecule has 0 saturated carbocycles. The highest BCUT2D eigenvalue weighted by Gasteiger charge is 2.29. The number of nitrogens with zero attached hydrogens (tertiary/aromatic N) is 3. The maximum absolute atomic E-state index is 12.6. The molecular formula is C16H20F3N5. The second-order valence-electron chi connectivity index (χ2n) is 5.62. The van der Waals surface area contributed by atoms with E-state index in [9.17, 15) is 13.2 Å². The summed E-state index contributed by atoms with van der Waals surface area (Å²) in [6, 6.07) is 6.54. The minimum atomic E-state index is -4.34. The molecule has 130 valence electrons. The van der Waals surface area contributed by atoms with Crippen molar-refractivity contribution in [1.29, 1.82) is 0 Å². The summed E-state index contributed by atoms with van der Waals surface area (Å²) in [7, 11) is 3.95. The van der Waals surface area contributed by atoms with Gasteiger partial charge in [0.15, 0.2) is 0 Å². The van der Waals surface area contributed by atoms with Gasteiger partial charge in [-0.05, 0) is 45.3 Å². The molecule has 0 fully saturated rings. The molecule has 0 bridgehead atoms. The Morgan fingerprint density at radius 3 is 2.25 bits per heavy atom. The van der Waals surface area contributed by atoms with Gasteiger partial charge >= 0.3 is 6.18 Å². The van der Waals surface area contributed by atoms with Crippen LogP contribution >= 0.6 is 0 Å². The monoisotopic (exact) mass is 339 g/mol. The largest absolute Gasteiger partial charge is 0.416 e. The second-order valence-corrected chi connectivity index (χ2v) is 5.62. The number of rotatable bonds is 6. The predicted molar refractivity (Wildman–Crippen MR) is 88.5 cm³/mol. The minimum Gasteiger partial charge on any atom is -0.369 e. The molecule has 2 N–H and O–H groups in total. The van der Waals surface area contributed by atoms with Gasteiger partial charge in [-0.25, -0.2) is 9.97 Å². The number of likely N-dealkylation sites (N-methyl/N-ethyl adjacent to an activating group) is 1. The van der Waals surface area contributed by atoms with Gasteiger partial charge in [0.1, 0.15) is 17.5 Å². The van der Waals surface area contributed by atoms with Gasteiger partial charge in [-0.1, -0.05) is 0 Å². The fourth-order valence-electron chi connectivity index (χ4n) is 2.02. The van der Waals surface area contributed by atoms with Gasteiger partial charge in [-0.3, -0.25) is 0 Å². The smallest absolute Gasteiger partial charge is 0.369 e. The summed E-state index contributed by atoms with van der Waals surface area (Å²) in [6.45, 7) is 3.34. The summed E-state index contributed by atoms with van der Waals surface area (Å²) in [5.74, 6) is 1.76. The molecule has 1 aromatic carbocycles. The Morgan fingerprint density at radius 1 is 1.04 bits per heavy atom. The van der Waals surface area contributed by atoms with Crippen LogP contribution in [0.3, 0.4) is 0 Å². The number of aromatic nitrogens is 2.